The highest BCUT2D eigenvalue weighted by atomic mass is 32.2. The van der Waals surface area contributed by atoms with E-state index in [1.54, 1.807) is 32.2 Å². The molecular formula is C20H26N2O4S. The van der Waals surface area contributed by atoms with Crippen molar-refractivity contribution in [3.63, 3.8) is 0 Å². The Labute approximate surface area is 161 Å². The number of benzene rings is 2. The standard InChI is InChI=1S/C20H26N2O4S/c1-14-9-8-10-17(13-14)22(27(5,24)25)16(3)20(23)21-15(2)18-11-6-7-12-19(18)26-4/h6-13,15-16H,1-5H3,(H,21,23)/t15-,16-/m1/s1. The summed E-state index contributed by atoms with van der Waals surface area (Å²) < 4.78 is 31.2. The number of amides is 1. The van der Waals surface area contributed by atoms with E-state index in [-0.39, 0.29) is 11.9 Å². The molecular weight excluding hydrogens is 364 g/mol. The summed E-state index contributed by atoms with van der Waals surface area (Å²) in [6.07, 6.45) is 1.10. The minimum absolute atomic E-state index is 0.338. The molecule has 1 amide bonds. The predicted octanol–water partition coefficient (Wildman–Crippen LogP) is 3.04. The van der Waals surface area contributed by atoms with Crippen LogP contribution in [-0.4, -0.2) is 33.7 Å². The van der Waals surface area contributed by atoms with E-state index in [4.69, 9.17) is 4.74 Å². The molecule has 0 saturated carbocycles. The molecule has 0 fully saturated rings. The van der Waals surface area contributed by atoms with Gasteiger partial charge in [-0.2, -0.15) is 0 Å². The molecule has 2 aromatic carbocycles. The van der Waals surface area contributed by atoms with E-state index in [2.05, 4.69) is 5.32 Å². The molecule has 146 valence electrons. The van der Waals surface area contributed by atoms with Crippen molar-refractivity contribution in [3.05, 3.63) is 59.7 Å². The first-order valence-electron chi connectivity index (χ1n) is 8.64. The van der Waals surface area contributed by atoms with Crippen LogP contribution in [-0.2, 0) is 14.8 Å². The van der Waals surface area contributed by atoms with Gasteiger partial charge in [-0.15, -0.1) is 0 Å². The fraction of sp³-hybridized carbons (Fsp3) is 0.350. The van der Waals surface area contributed by atoms with E-state index in [1.807, 2.05) is 44.2 Å². The van der Waals surface area contributed by atoms with Gasteiger partial charge in [0.2, 0.25) is 15.9 Å². The lowest BCUT2D eigenvalue weighted by Crippen LogP contribution is -2.48. The van der Waals surface area contributed by atoms with Crippen molar-refractivity contribution in [2.75, 3.05) is 17.7 Å². The van der Waals surface area contributed by atoms with Crippen LogP contribution in [0.15, 0.2) is 48.5 Å². The molecule has 0 aliphatic rings. The van der Waals surface area contributed by atoms with Gasteiger partial charge in [-0.3, -0.25) is 9.10 Å². The number of nitrogens with zero attached hydrogens (tertiary/aromatic N) is 1. The number of sulfonamides is 1. The van der Waals surface area contributed by atoms with Crippen molar-refractivity contribution in [3.8, 4) is 5.75 Å². The van der Waals surface area contributed by atoms with Crippen molar-refractivity contribution in [1.82, 2.24) is 5.32 Å². The summed E-state index contributed by atoms with van der Waals surface area (Å²) in [6, 6.07) is 13.2. The first-order chi connectivity index (χ1) is 12.6. The lowest BCUT2D eigenvalue weighted by molar-refractivity contribution is -0.122. The molecule has 0 aliphatic carbocycles. The van der Waals surface area contributed by atoms with E-state index in [0.717, 1.165) is 21.7 Å². The molecule has 7 heteroatoms. The molecule has 0 aliphatic heterocycles. The van der Waals surface area contributed by atoms with Crippen LogP contribution in [0.25, 0.3) is 0 Å². The molecule has 0 spiro atoms. The highest BCUT2D eigenvalue weighted by molar-refractivity contribution is 7.92. The molecule has 6 nitrogen and oxygen atoms in total. The second-order valence-electron chi connectivity index (χ2n) is 6.55. The van der Waals surface area contributed by atoms with Crippen LogP contribution in [0.4, 0.5) is 5.69 Å². The van der Waals surface area contributed by atoms with Crippen LogP contribution in [0.5, 0.6) is 5.75 Å². The summed E-state index contributed by atoms with van der Waals surface area (Å²) in [5.74, 6) is 0.275. The molecule has 0 aromatic heterocycles. The summed E-state index contributed by atoms with van der Waals surface area (Å²) >= 11 is 0. The number of ether oxygens (including phenoxy) is 1. The summed E-state index contributed by atoms with van der Waals surface area (Å²) in [6.45, 7) is 5.28. The van der Waals surface area contributed by atoms with Crippen molar-refractivity contribution in [2.45, 2.75) is 32.9 Å². The number of rotatable bonds is 7. The number of anilines is 1. The summed E-state index contributed by atoms with van der Waals surface area (Å²) in [7, 11) is -2.08. The molecule has 2 aromatic rings. The maximum absolute atomic E-state index is 12.8. The number of methoxy groups -OCH3 is 1. The number of hydrogen-bond acceptors (Lipinski definition) is 4. The number of hydrogen-bond donors (Lipinski definition) is 1. The molecule has 0 heterocycles. The quantitative estimate of drug-likeness (QED) is 0.788. The van der Waals surface area contributed by atoms with Crippen LogP contribution in [0.2, 0.25) is 0 Å². The van der Waals surface area contributed by atoms with E-state index in [1.165, 1.54) is 0 Å². The third-order valence-electron chi connectivity index (χ3n) is 4.31. The van der Waals surface area contributed by atoms with Gasteiger partial charge in [-0.05, 0) is 44.5 Å². The van der Waals surface area contributed by atoms with E-state index >= 15 is 0 Å². The van der Waals surface area contributed by atoms with Gasteiger partial charge in [-0.25, -0.2) is 8.42 Å². The third-order valence-corrected chi connectivity index (χ3v) is 5.55. The van der Waals surface area contributed by atoms with Crippen LogP contribution in [0.1, 0.15) is 31.0 Å². The van der Waals surface area contributed by atoms with Crippen LogP contribution in [0, 0.1) is 6.92 Å². The van der Waals surface area contributed by atoms with Gasteiger partial charge in [0, 0.05) is 5.56 Å². The van der Waals surface area contributed by atoms with E-state index < -0.39 is 16.1 Å². The van der Waals surface area contributed by atoms with Crippen molar-refractivity contribution < 1.29 is 17.9 Å². The summed E-state index contributed by atoms with van der Waals surface area (Å²) in [5.41, 5.74) is 2.20. The zero-order valence-electron chi connectivity index (χ0n) is 16.3. The molecule has 0 radical (unpaired) electrons. The average Bonchev–Trinajstić information content (AvgIpc) is 2.60. The number of para-hydroxylation sites is 1. The van der Waals surface area contributed by atoms with Crippen molar-refractivity contribution in [1.29, 1.82) is 0 Å². The molecule has 2 atom stereocenters. The second-order valence-corrected chi connectivity index (χ2v) is 8.41. The fourth-order valence-electron chi connectivity index (χ4n) is 3.01. The topological polar surface area (TPSA) is 75.7 Å². The Morgan fingerprint density at radius 1 is 1.11 bits per heavy atom. The Morgan fingerprint density at radius 3 is 2.37 bits per heavy atom. The predicted molar refractivity (Wildman–Crippen MR) is 108 cm³/mol. The van der Waals surface area contributed by atoms with Gasteiger partial charge in [0.1, 0.15) is 11.8 Å². The third kappa shape index (κ3) is 5.01. The van der Waals surface area contributed by atoms with Crippen molar-refractivity contribution in [2.24, 2.45) is 0 Å². The van der Waals surface area contributed by atoms with Crippen molar-refractivity contribution >= 4 is 21.6 Å². The van der Waals surface area contributed by atoms with Crippen LogP contribution < -0.4 is 14.4 Å². The van der Waals surface area contributed by atoms with Gasteiger partial charge in [-0.1, -0.05) is 30.3 Å². The molecule has 0 saturated heterocycles. The minimum Gasteiger partial charge on any atom is -0.496 e. The number of carbonyl (C=O) groups excluding carboxylic acids is 1. The first kappa shape index (κ1) is 20.8. The molecule has 1 N–H and O–H groups in total. The van der Waals surface area contributed by atoms with Gasteiger partial charge < -0.3 is 10.1 Å². The maximum atomic E-state index is 12.8. The fourth-order valence-corrected chi connectivity index (χ4v) is 4.18. The molecule has 2 rings (SSSR count). The average molecular weight is 391 g/mol. The molecule has 0 unspecified atom stereocenters. The maximum Gasteiger partial charge on any atom is 0.244 e. The highest BCUT2D eigenvalue weighted by Crippen LogP contribution is 2.26. The number of nitrogens with one attached hydrogen (secondary N) is 1. The van der Waals surface area contributed by atoms with Crippen LogP contribution in [0.3, 0.4) is 0 Å². The van der Waals surface area contributed by atoms with Gasteiger partial charge in [0.05, 0.1) is 25.1 Å². The Kier molecular flexibility index (Phi) is 6.49. The van der Waals surface area contributed by atoms with Crippen LogP contribution >= 0.6 is 0 Å². The SMILES string of the molecule is COc1ccccc1[C@@H](C)NC(=O)[C@@H](C)N(c1cccc(C)c1)S(C)(=O)=O. The first-order valence-corrected chi connectivity index (χ1v) is 10.5. The highest BCUT2D eigenvalue weighted by Gasteiger charge is 2.30. The lowest BCUT2D eigenvalue weighted by Gasteiger charge is -2.29. The van der Waals surface area contributed by atoms with Gasteiger partial charge >= 0.3 is 0 Å². The largest absolute Gasteiger partial charge is 0.496 e. The second kappa shape index (κ2) is 8.43. The lowest BCUT2D eigenvalue weighted by atomic mass is 10.1. The number of carbonyl (C=O) groups is 1. The zero-order chi connectivity index (χ0) is 20.2. The van der Waals surface area contributed by atoms with Gasteiger partial charge in [0.25, 0.3) is 0 Å². The summed E-state index contributed by atoms with van der Waals surface area (Å²) in [5, 5.41) is 2.88. The Bertz CT molecular complexity index is 912. The monoisotopic (exact) mass is 390 g/mol. The molecule has 27 heavy (non-hydrogen) atoms. The summed E-state index contributed by atoms with van der Waals surface area (Å²) in [4.78, 5) is 12.8. The Hall–Kier alpha value is -2.54. The smallest absolute Gasteiger partial charge is 0.244 e. The van der Waals surface area contributed by atoms with Gasteiger partial charge in [0.15, 0.2) is 0 Å². The molecule has 0 bridgehead atoms. The Balaban J connectivity index is 2.27. The minimum atomic E-state index is -3.64. The Morgan fingerprint density at radius 2 is 1.78 bits per heavy atom. The van der Waals surface area contributed by atoms with E-state index in [9.17, 15) is 13.2 Å². The van der Waals surface area contributed by atoms with E-state index in [0.29, 0.717) is 11.4 Å². The zero-order valence-corrected chi connectivity index (χ0v) is 17.1. The number of aryl methyl sites for hydroxylation is 1. The normalized spacial score (nSPS) is 13.5.